The third-order valence-electron chi connectivity index (χ3n) is 4.79. The van der Waals surface area contributed by atoms with Crippen LogP contribution in [-0.2, 0) is 9.59 Å². The van der Waals surface area contributed by atoms with Crippen LogP contribution in [-0.4, -0.2) is 40.2 Å². The van der Waals surface area contributed by atoms with Crippen LogP contribution in [0.4, 0.5) is 0 Å². The number of carbonyl (C=O) groups excluding carboxylic acids is 1. The zero-order valence-corrected chi connectivity index (χ0v) is 14.9. The smallest absolute Gasteiger partial charge is 0.303 e. The van der Waals surface area contributed by atoms with Crippen molar-refractivity contribution < 1.29 is 19.8 Å². The van der Waals surface area contributed by atoms with Gasteiger partial charge in [0, 0.05) is 19.4 Å². The quantitative estimate of drug-likeness (QED) is 0.354. The molecule has 0 aliphatic carbocycles. The number of rotatable bonds is 13. The highest BCUT2D eigenvalue weighted by Gasteiger charge is 2.40. The minimum atomic E-state index is -0.774. The first-order chi connectivity index (χ1) is 11.5. The first kappa shape index (κ1) is 20.8. The van der Waals surface area contributed by atoms with Crippen LogP contribution in [0.1, 0.15) is 77.6 Å². The Morgan fingerprint density at radius 1 is 1.29 bits per heavy atom. The maximum Gasteiger partial charge on any atom is 0.303 e. The lowest BCUT2D eigenvalue weighted by molar-refractivity contribution is -0.137. The number of allylic oxidation sites excluding steroid dienone is 1. The zero-order chi connectivity index (χ0) is 17.8. The SMILES string of the molecule is CCCCCC(O)CC[C@]1(C/C=C\CCCC(=O)O)NCCC1=O. The van der Waals surface area contributed by atoms with Crippen molar-refractivity contribution in [1.82, 2.24) is 5.32 Å². The highest BCUT2D eigenvalue weighted by Crippen LogP contribution is 2.27. The van der Waals surface area contributed by atoms with Gasteiger partial charge in [-0.15, -0.1) is 0 Å². The van der Waals surface area contributed by atoms with Crippen LogP contribution in [0.3, 0.4) is 0 Å². The van der Waals surface area contributed by atoms with Gasteiger partial charge in [-0.2, -0.15) is 0 Å². The molecule has 0 aromatic rings. The summed E-state index contributed by atoms with van der Waals surface area (Å²) >= 11 is 0. The van der Waals surface area contributed by atoms with E-state index in [4.69, 9.17) is 5.11 Å². The Balaban J connectivity index is 2.41. The average Bonchev–Trinajstić information content (AvgIpc) is 2.90. The maximum atomic E-state index is 12.3. The van der Waals surface area contributed by atoms with E-state index in [0.717, 1.165) is 32.1 Å². The zero-order valence-electron chi connectivity index (χ0n) is 14.9. The number of carbonyl (C=O) groups is 2. The normalized spacial score (nSPS) is 22.3. The number of nitrogens with one attached hydrogen (secondary N) is 1. The van der Waals surface area contributed by atoms with Gasteiger partial charge in [-0.05, 0) is 38.5 Å². The van der Waals surface area contributed by atoms with Crippen LogP contribution >= 0.6 is 0 Å². The minimum absolute atomic E-state index is 0.177. The van der Waals surface area contributed by atoms with Crippen molar-refractivity contribution in [2.45, 2.75) is 89.2 Å². The number of hydrogen-bond donors (Lipinski definition) is 3. The lowest BCUT2D eigenvalue weighted by Crippen LogP contribution is -2.45. The van der Waals surface area contributed by atoms with Gasteiger partial charge in [0.1, 0.15) is 0 Å². The second-order valence-corrected chi connectivity index (χ2v) is 6.83. The molecule has 5 nitrogen and oxygen atoms in total. The monoisotopic (exact) mass is 339 g/mol. The number of carboxylic acid groups (broad SMARTS) is 1. The summed E-state index contributed by atoms with van der Waals surface area (Å²) in [6.07, 6.45) is 11.8. The first-order valence-electron chi connectivity index (χ1n) is 9.33. The second kappa shape index (κ2) is 11.4. The minimum Gasteiger partial charge on any atom is -0.481 e. The number of aliphatic hydroxyl groups excluding tert-OH is 1. The van der Waals surface area contributed by atoms with E-state index >= 15 is 0 Å². The Morgan fingerprint density at radius 2 is 2.08 bits per heavy atom. The van der Waals surface area contributed by atoms with Gasteiger partial charge < -0.3 is 15.5 Å². The van der Waals surface area contributed by atoms with Crippen molar-refractivity contribution in [3.8, 4) is 0 Å². The molecule has 0 amide bonds. The van der Waals surface area contributed by atoms with Gasteiger partial charge in [-0.1, -0.05) is 38.3 Å². The molecule has 1 rings (SSSR count). The van der Waals surface area contributed by atoms with Crippen molar-refractivity contribution in [2.75, 3.05) is 6.54 Å². The number of Topliss-reactive ketones (excluding diaryl/α,β-unsaturated/α-hetero) is 1. The molecule has 138 valence electrons. The maximum absolute atomic E-state index is 12.3. The molecule has 0 saturated carbocycles. The summed E-state index contributed by atoms with van der Waals surface area (Å²) in [6.45, 7) is 2.85. The fraction of sp³-hybridized carbons (Fsp3) is 0.789. The van der Waals surface area contributed by atoms with Crippen molar-refractivity contribution in [1.29, 1.82) is 0 Å². The standard InChI is InChI=1S/C19H33NO4/c1-2-3-6-9-16(21)11-14-19(17(22)12-15-20-19)13-8-5-4-7-10-18(23)24/h5,8,16,20-21H,2-4,6-7,9-15H2,1H3,(H,23,24)/b8-5-/t16?,19-/m0/s1. The first-order valence-corrected chi connectivity index (χ1v) is 9.33. The van der Waals surface area contributed by atoms with Crippen molar-refractivity contribution in [2.24, 2.45) is 0 Å². The molecule has 1 saturated heterocycles. The third-order valence-corrected chi connectivity index (χ3v) is 4.79. The Bertz CT molecular complexity index is 422. The van der Waals surface area contributed by atoms with Gasteiger partial charge in [0.15, 0.2) is 5.78 Å². The fourth-order valence-electron chi connectivity index (χ4n) is 3.23. The van der Waals surface area contributed by atoms with Gasteiger partial charge in [-0.25, -0.2) is 0 Å². The fourth-order valence-corrected chi connectivity index (χ4v) is 3.23. The molecule has 1 fully saturated rings. The lowest BCUT2D eigenvalue weighted by Gasteiger charge is -2.28. The molecule has 5 heteroatoms. The molecule has 0 aromatic heterocycles. The molecule has 0 spiro atoms. The third kappa shape index (κ3) is 7.58. The second-order valence-electron chi connectivity index (χ2n) is 6.83. The molecule has 1 unspecified atom stereocenters. The van der Waals surface area contributed by atoms with Crippen LogP contribution in [0.2, 0.25) is 0 Å². The summed E-state index contributed by atoms with van der Waals surface area (Å²) in [4.78, 5) is 22.8. The number of aliphatic hydroxyl groups is 1. The predicted octanol–water partition coefficient (Wildman–Crippen LogP) is 3.21. The Hall–Kier alpha value is -1.20. The topological polar surface area (TPSA) is 86.6 Å². The molecule has 24 heavy (non-hydrogen) atoms. The van der Waals surface area contributed by atoms with Gasteiger partial charge >= 0.3 is 5.97 Å². The molecule has 2 atom stereocenters. The van der Waals surface area contributed by atoms with E-state index in [1.165, 1.54) is 0 Å². The van der Waals surface area contributed by atoms with Gasteiger partial charge in [0.05, 0.1) is 11.6 Å². The number of unbranched alkanes of at least 4 members (excludes halogenated alkanes) is 3. The van der Waals surface area contributed by atoms with Crippen LogP contribution < -0.4 is 5.32 Å². The number of carboxylic acids is 1. The van der Waals surface area contributed by atoms with Gasteiger partial charge in [0.2, 0.25) is 0 Å². The van der Waals surface area contributed by atoms with E-state index in [2.05, 4.69) is 12.2 Å². The Morgan fingerprint density at radius 3 is 2.71 bits per heavy atom. The summed E-state index contributed by atoms with van der Waals surface area (Å²) in [7, 11) is 0. The molecule has 0 radical (unpaired) electrons. The predicted molar refractivity (Wildman–Crippen MR) is 95.0 cm³/mol. The highest BCUT2D eigenvalue weighted by atomic mass is 16.4. The molecular formula is C19H33NO4. The summed E-state index contributed by atoms with van der Waals surface area (Å²) in [5.74, 6) is -0.539. The van der Waals surface area contributed by atoms with Gasteiger partial charge in [0.25, 0.3) is 0 Å². The molecule has 0 bridgehead atoms. The summed E-state index contributed by atoms with van der Waals surface area (Å²) in [5.41, 5.74) is -0.533. The molecule has 0 aromatic carbocycles. The average molecular weight is 339 g/mol. The van der Waals surface area contributed by atoms with Crippen LogP contribution in [0.5, 0.6) is 0 Å². The van der Waals surface area contributed by atoms with Crippen molar-refractivity contribution >= 4 is 11.8 Å². The summed E-state index contributed by atoms with van der Waals surface area (Å²) < 4.78 is 0. The van der Waals surface area contributed by atoms with E-state index in [1.807, 2.05) is 12.2 Å². The van der Waals surface area contributed by atoms with E-state index in [1.54, 1.807) is 0 Å². The van der Waals surface area contributed by atoms with Crippen LogP contribution in [0, 0.1) is 0 Å². The number of hydrogen-bond acceptors (Lipinski definition) is 4. The number of ketones is 1. The van der Waals surface area contributed by atoms with E-state index in [9.17, 15) is 14.7 Å². The molecule has 1 aliphatic heterocycles. The Kier molecular flexibility index (Phi) is 9.88. The lowest BCUT2D eigenvalue weighted by atomic mass is 9.85. The molecule has 1 aliphatic rings. The van der Waals surface area contributed by atoms with E-state index in [-0.39, 0.29) is 18.3 Å². The summed E-state index contributed by atoms with van der Waals surface area (Å²) in [6, 6.07) is 0. The largest absolute Gasteiger partial charge is 0.481 e. The molecular weight excluding hydrogens is 306 g/mol. The highest BCUT2D eigenvalue weighted by molar-refractivity contribution is 5.90. The summed E-state index contributed by atoms with van der Waals surface area (Å²) in [5, 5.41) is 22.1. The van der Waals surface area contributed by atoms with Gasteiger partial charge in [-0.3, -0.25) is 9.59 Å². The van der Waals surface area contributed by atoms with E-state index < -0.39 is 11.5 Å². The van der Waals surface area contributed by atoms with E-state index in [0.29, 0.717) is 38.6 Å². The number of aliphatic carboxylic acids is 1. The van der Waals surface area contributed by atoms with Crippen molar-refractivity contribution in [3.63, 3.8) is 0 Å². The Labute approximate surface area is 145 Å². The van der Waals surface area contributed by atoms with Crippen molar-refractivity contribution in [3.05, 3.63) is 12.2 Å². The molecule has 1 heterocycles. The molecule has 3 N–H and O–H groups in total. The van der Waals surface area contributed by atoms with Crippen LogP contribution in [0.25, 0.3) is 0 Å². The van der Waals surface area contributed by atoms with Crippen LogP contribution in [0.15, 0.2) is 12.2 Å².